The summed E-state index contributed by atoms with van der Waals surface area (Å²) < 4.78 is 0. The Balaban J connectivity index is 2.07. The highest BCUT2D eigenvalue weighted by Gasteiger charge is 2.25. The fraction of sp³-hybridized carbons (Fsp3) is 0.214. The maximum atomic E-state index is 11.9. The summed E-state index contributed by atoms with van der Waals surface area (Å²) in [4.78, 5) is 12.7. The van der Waals surface area contributed by atoms with Gasteiger partial charge in [-0.2, -0.15) is 0 Å². The van der Waals surface area contributed by atoms with E-state index in [0.29, 0.717) is 16.6 Å². The molecule has 0 saturated heterocycles. The molecule has 2 aromatic rings. The average molecular weight is 312 g/mol. The minimum absolute atomic E-state index is 0.0209. The molecule has 19 heavy (non-hydrogen) atoms. The highest BCUT2D eigenvalue weighted by molar-refractivity contribution is 7.12. The molecular weight excluding hydrogens is 301 g/mol. The molecule has 1 aliphatic rings. The van der Waals surface area contributed by atoms with E-state index in [1.54, 1.807) is 0 Å². The first-order valence-electron chi connectivity index (χ1n) is 5.97. The number of halogens is 2. The molecule has 0 spiro atoms. The Bertz CT molecular complexity index is 638. The van der Waals surface area contributed by atoms with Gasteiger partial charge in [0.25, 0.3) is 5.91 Å². The summed E-state index contributed by atoms with van der Waals surface area (Å²) in [5.74, 6) is 0.211. The third-order valence-electron chi connectivity index (χ3n) is 3.34. The predicted molar refractivity (Wildman–Crippen MR) is 79.6 cm³/mol. The number of fused-ring (bicyclic) bond motifs is 1. The molecule has 0 radical (unpaired) electrons. The Morgan fingerprint density at radius 1 is 1.21 bits per heavy atom. The van der Waals surface area contributed by atoms with Crippen LogP contribution >= 0.6 is 34.5 Å². The van der Waals surface area contributed by atoms with Crippen LogP contribution in [0, 0.1) is 0 Å². The molecule has 0 aliphatic carbocycles. The van der Waals surface area contributed by atoms with E-state index in [0.717, 1.165) is 22.4 Å². The Morgan fingerprint density at radius 3 is 2.84 bits per heavy atom. The van der Waals surface area contributed by atoms with Crippen molar-refractivity contribution in [2.24, 2.45) is 0 Å². The highest BCUT2D eigenvalue weighted by atomic mass is 35.5. The number of carbonyl (C=O) groups is 1. The maximum absolute atomic E-state index is 11.9. The molecule has 2 nitrogen and oxygen atoms in total. The Morgan fingerprint density at radius 2 is 2.05 bits per heavy atom. The van der Waals surface area contributed by atoms with Crippen molar-refractivity contribution in [3.63, 3.8) is 0 Å². The Labute approximate surface area is 125 Å². The molecule has 1 amide bonds. The van der Waals surface area contributed by atoms with Gasteiger partial charge in [-0.05, 0) is 41.1 Å². The van der Waals surface area contributed by atoms with Crippen molar-refractivity contribution in [1.82, 2.24) is 5.32 Å². The zero-order valence-corrected chi connectivity index (χ0v) is 12.3. The number of hydrogen-bond donors (Lipinski definition) is 1. The SMILES string of the molecule is O=C1NCCC(c2ccc(Cl)c(Cl)c2)c2ccsc21. The van der Waals surface area contributed by atoms with Gasteiger partial charge < -0.3 is 5.32 Å². The molecule has 1 aromatic heterocycles. The van der Waals surface area contributed by atoms with Gasteiger partial charge >= 0.3 is 0 Å². The van der Waals surface area contributed by atoms with Gasteiger partial charge in [0.05, 0.1) is 14.9 Å². The third-order valence-corrected chi connectivity index (χ3v) is 5.01. The number of nitrogens with one attached hydrogen (secondary N) is 1. The van der Waals surface area contributed by atoms with Crippen molar-refractivity contribution in [1.29, 1.82) is 0 Å². The smallest absolute Gasteiger partial charge is 0.261 e. The second-order valence-corrected chi connectivity index (χ2v) is 6.21. The molecule has 3 rings (SSSR count). The minimum Gasteiger partial charge on any atom is -0.351 e. The molecular formula is C14H11Cl2NOS. The Hall–Kier alpha value is -1.03. The first-order valence-corrected chi connectivity index (χ1v) is 7.61. The predicted octanol–water partition coefficient (Wildman–Crippen LogP) is 4.32. The van der Waals surface area contributed by atoms with Gasteiger partial charge in [0.1, 0.15) is 0 Å². The van der Waals surface area contributed by atoms with Crippen molar-refractivity contribution in [2.75, 3.05) is 6.54 Å². The van der Waals surface area contributed by atoms with Gasteiger partial charge in [-0.1, -0.05) is 29.3 Å². The summed E-state index contributed by atoms with van der Waals surface area (Å²) in [6, 6.07) is 7.71. The van der Waals surface area contributed by atoms with Gasteiger partial charge in [0, 0.05) is 12.5 Å². The fourth-order valence-electron chi connectivity index (χ4n) is 2.42. The van der Waals surface area contributed by atoms with Crippen LogP contribution in [0.25, 0.3) is 0 Å². The van der Waals surface area contributed by atoms with Crippen LogP contribution in [-0.4, -0.2) is 12.5 Å². The third kappa shape index (κ3) is 2.38. The zero-order chi connectivity index (χ0) is 13.4. The second-order valence-electron chi connectivity index (χ2n) is 4.48. The first kappa shape index (κ1) is 13.0. The summed E-state index contributed by atoms with van der Waals surface area (Å²) in [5, 5.41) is 5.99. The van der Waals surface area contributed by atoms with Crippen LogP contribution in [0.3, 0.4) is 0 Å². The van der Waals surface area contributed by atoms with E-state index in [9.17, 15) is 4.79 Å². The molecule has 0 fully saturated rings. The summed E-state index contributed by atoms with van der Waals surface area (Å²) in [6.45, 7) is 0.672. The molecule has 2 heterocycles. The average Bonchev–Trinajstić information content (AvgIpc) is 2.82. The normalized spacial score (nSPS) is 18.6. The highest BCUT2D eigenvalue weighted by Crippen LogP contribution is 2.36. The number of carbonyl (C=O) groups excluding carboxylic acids is 1. The molecule has 0 saturated carbocycles. The van der Waals surface area contributed by atoms with Crippen LogP contribution in [0.1, 0.15) is 33.1 Å². The topological polar surface area (TPSA) is 29.1 Å². The largest absolute Gasteiger partial charge is 0.351 e. The maximum Gasteiger partial charge on any atom is 0.261 e. The summed E-state index contributed by atoms with van der Waals surface area (Å²) >= 11 is 13.5. The van der Waals surface area contributed by atoms with E-state index >= 15 is 0 Å². The quantitative estimate of drug-likeness (QED) is 0.835. The molecule has 5 heteroatoms. The molecule has 1 unspecified atom stereocenters. The molecule has 1 N–H and O–H groups in total. The van der Waals surface area contributed by atoms with E-state index < -0.39 is 0 Å². The molecule has 1 atom stereocenters. The van der Waals surface area contributed by atoms with Crippen molar-refractivity contribution >= 4 is 40.4 Å². The van der Waals surface area contributed by atoms with Gasteiger partial charge in [0.15, 0.2) is 0 Å². The number of rotatable bonds is 1. The number of benzene rings is 1. The standard InChI is InChI=1S/C14H11Cl2NOS/c15-11-2-1-8(7-12(11)16)9-3-5-17-14(18)13-10(9)4-6-19-13/h1-2,4,6-7,9H,3,5H2,(H,17,18). The van der Waals surface area contributed by atoms with Crippen LogP contribution in [0.4, 0.5) is 0 Å². The summed E-state index contributed by atoms with van der Waals surface area (Å²) in [7, 11) is 0. The lowest BCUT2D eigenvalue weighted by molar-refractivity contribution is 0.0960. The Kier molecular flexibility index (Phi) is 3.52. The van der Waals surface area contributed by atoms with Crippen LogP contribution < -0.4 is 5.32 Å². The van der Waals surface area contributed by atoms with Crippen LogP contribution in [0.2, 0.25) is 10.0 Å². The van der Waals surface area contributed by atoms with Gasteiger partial charge in [-0.15, -0.1) is 11.3 Å². The zero-order valence-electron chi connectivity index (χ0n) is 9.95. The lowest BCUT2D eigenvalue weighted by Gasteiger charge is -2.15. The lowest BCUT2D eigenvalue weighted by atomic mass is 9.89. The monoisotopic (exact) mass is 311 g/mol. The van der Waals surface area contributed by atoms with Crippen LogP contribution in [0.5, 0.6) is 0 Å². The fourth-order valence-corrected chi connectivity index (χ4v) is 3.60. The van der Waals surface area contributed by atoms with E-state index in [4.69, 9.17) is 23.2 Å². The van der Waals surface area contributed by atoms with Crippen molar-refractivity contribution in [3.8, 4) is 0 Å². The first-order chi connectivity index (χ1) is 9.16. The van der Waals surface area contributed by atoms with E-state index in [-0.39, 0.29) is 11.8 Å². The van der Waals surface area contributed by atoms with Gasteiger partial charge in [0.2, 0.25) is 0 Å². The van der Waals surface area contributed by atoms with Gasteiger partial charge in [-0.3, -0.25) is 4.79 Å². The molecule has 1 aliphatic heterocycles. The van der Waals surface area contributed by atoms with Crippen molar-refractivity contribution in [3.05, 3.63) is 55.7 Å². The van der Waals surface area contributed by atoms with Crippen molar-refractivity contribution in [2.45, 2.75) is 12.3 Å². The number of thiophene rings is 1. The molecule has 0 bridgehead atoms. The van der Waals surface area contributed by atoms with E-state index in [2.05, 4.69) is 5.32 Å². The molecule has 98 valence electrons. The van der Waals surface area contributed by atoms with E-state index in [1.165, 1.54) is 11.3 Å². The summed E-state index contributed by atoms with van der Waals surface area (Å²) in [6.07, 6.45) is 0.868. The van der Waals surface area contributed by atoms with E-state index in [1.807, 2.05) is 29.6 Å². The van der Waals surface area contributed by atoms with Crippen LogP contribution in [0.15, 0.2) is 29.6 Å². The minimum atomic E-state index is 0.0209. The number of amides is 1. The second kappa shape index (κ2) is 5.16. The number of hydrogen-bond acceptors (Lipinski definition) is 2. The van der Waals surface area contributed by atoms with Crippen LogP contribution in [-0.2, 0) is 0 Å². The van der Waals surface area contributed by atoms with Gasteiger partial charge in [-0.25, -0.2) is 0 Å². The lowest BCUT2D eigenvalue weighted by Crippen LogP contribution is -2.21. The van der Waals surface area contributed by atoms with Crippen molar-refractivity contribution < 1.29 is 4.79 Å². The molecule has 1 aromatic carbocycles. The summed E-state index contributed by atoms with van der Waals surface area (Å²) in [5.41, 5.74) is 2.18.